The minimum absolute atomic E-state index is 0.148. The number of likely N-dealkylation sites (tertiary alicyclic amines) is 1. The SMILES string of the molecule is Cc1nnc(CN=C(NCC(=O)N2CCCC2)NC2CCCCC2)n1C. The van der Waals surface area contributed by atoms with E-state index in [1.807, 2.05) is 23.4 Å². The zero-order chi connectivity index (χ0) is 18.4. The number of hydrogen-bond donors (Lipinski definition) is 2. The van der Waals surface area contributed by atoms with Crippen molar-refractivity contribution in [2.75, 3.05) is 19.6 Å². The summed E-state index contributed by atoms with van der Waals surface area (Å²) in [6.45, 7) is 4.41. The maximum atomic E-state index is 12.3. The van der Waals surface area contributed by atoms with Crippen LogP contribution in [0.1, 0.15) is 56.6 Å². The summed E-state index contributed by atoms with van der Waals surface area (Å²) >= 11 is 0. The Kier molecular flexibility index (Phi) is 6.46. The number of guanidine groups is 1. The van der Waals surface area contributed by atoms with Gasteiger partial charge in [0.25, 0.3) is 0 Å². The lowest BCUT2D eigenvalue weighted by Crippen LogP contribution is -2.47. The van der Waals surface area contributed by atoms with Crippen LogP contribution in [0.4, 0.5) is 0 Å². The van der Waals surface area contributed by atoms with Crippen molar-refractivity contribution < 1.29 is 4.79 Å². The minimum atomic E-state index is 0.148. The number of nitrogens with zero attached hydrogens (tertiary/aromatic N) is 5. The predicted molar refractivity (Wildman–Crippen MR) is 101 cm³/mol. The van der Waals surface area contributed by atoms with E-state index in [-0.39, 0.29) is 12.5 Å². The number of carbonyl (C=O) groups excluding carboxylic acids is 1. The van der Waals surface area contributed by atoms with Gasteiger partial charge in [0.15, 0.2) is 11.8 Å². The summed E-state index contributed by atoms with van der Waals surface area (Å²) in [6.07, 6.45) is 8.34. The Morgan fingerprint density at radius 3 is 2.54 bits per heavy atom. The van der Waals surface area contributed by atoms with Gasteiger partial charge in [0, 0.05) is 26.2 Å². The number of hydrogen-bond acceptors (Lipinski definition) is 4. The van der Waals surface area contributed by atoms with Crippen LogP contribution in [0.25, 0.3) is 0 Å². The van der Waals surface area contributed by atoms with Crippen molar-refractivity contribution in [2.24, 2.45) is 12.0 Å². The lowest BCUT2D eigenvalue weighted by Gasteiger charge is -2.25. The summed E-state index contributed by atoms with van der Waals surface area (Å²) in [4.78, 5) is 18.9. The zero-order valence-corrected chi connectivity index (χ0v) is 16.0. The Balaban J connectivity index is 1.60. The molecule has 0 atom stereocenters. The van der Waals surface area contributed by atoms with Crippen LogP contribution < -0.4 is 10.6 Å². The van der Waals surface area contributed by atoms with Crippen LogP contribution in [0, 0.1) is 6.92 Å². The third kappa shape index (κ3) is 4.95. The van der Waals surface area contributed by atoms with E-state index in [9.17, 15) is 4.79 Å². The van der Waals surface area contributed by atoms with Gasteiger partial charge >= 0.3 is 0 Å². The van der Waals surface area contributed by atoms with Gasteiger partial charge in [-0.25, -0.2) is 4.99 Å². The first kappa shape index (κ1) is 18.7. The average Bonchev–Trinajstić information content (AvgIpc) is 3.30. The van der Waals surface area contributed by atoms with Gasteiger partial charge in [0.1, 0.15) is 12.4 Å². The predicted octanol–water partition coefficient (Wildman–Crippen LogP) is 1.11. The first-order chi connectivity index (χ1) is 12.6. The van der Waals surface area contributed by atoms with Crippen molar-refractivity contribution in [3.8, 4) is 0 Å². The molecule has 0 spiro atoms. The standard InChI is InChI=1S/C18H31N7O/c1-14-22-23-16(24(14)2)12-19-18(21-15-8-4-3-5-9-15)20-13-17(26)25-10-6-7-11-25/h15H,3-13H2,1-2H3,(H2,19,20,21). The molecule has 2 heterocycles. The fraction of sp³-hybridized carbons (Fsp3) is 0.778. The van der Waals surface area contributed by atoms with Crippen LogP contribution >= 0.6 is 0 Å². The smallest absolute Gasteiger partial charge is 0.241 e. The molecule has 2 N–H and O–H groups in total. The summed E-state index contributed by atoms with van der Waals surface area (Å²) in [5.41, 5.74) is 0. The highest BCUT2D eigenvalue weighted by Gasteiger charge is 2.19. The average molecular weight is 361 g/mol. The molecule has 8 heteroatoms. The number of aliphatic imine (C=N–C) groups is 1. The highest BCUT2D eigenvalue weighted by Crippen LogP contribution is 2.17. The number of nitrogens with one attached hydrogen (secondary N) is 2. The van der Waals surface area contributed by atoms with Crippen molar-refractivity contribution in [3.63, 3.8) is 0 Å². The molecule has 0 bridgehead atoms. The van der Waals surface area contributed by atoms with Crippen molar-refractivity contribution in [1.82, 2.24) is 30.3 Å². The molecule has 0 unspecified atom stereocenters. The first-order valence-electron chi connectivity index (χ1n) is 9.81. The highest BCUT2D eigenvalue weighted by molar-refractivity contribution is 5.86. The second-order valence-corrected chi connectivity index (χ2v) is 7.31. The minimum Gasteiger partial charge on any atom is -0.354 e. The molecule has 1 aromatic heterocycles. The van der Waals surface area contributed by atoms with E-state index in [2.05, 4.69) is 25.8 Å². The Labute approximate surface area is 155 Å². The summed E-state index contributed by atoms with van der Waals surface area (Å²) in [5, 5.41) is 15.0. The molecule has 144 valence electrons. The van der Waals surface area contributed by atoms with E-state index in [0.29, 0.717) is 18.5 Å². The molecule has 26 heavy (non-hydrogen) atoms. The summed E-state index contributed by atoms with van der Waals surface area (Å²) < 4.78 is 1.94. The molecule has 8 nitrogen and oxygen atoms in total. The second-order valence-electron chi connectivity index (χ2n) is 7.31. The molecule has 3 rings (SSSR count). The number of aromatic nitrogens is 3. The van der Waals surface area contributed by atoms with Gasteiger partial charge in [-0.1, -0.05) is 19.3 Å². The van der Waals surface area contributed by atoms with Gasteiger partial charge in [0.2, 0.25) is 5.91 Å². The maximum Gasteiger partial charge on any atom is 0.241 e. The Morgan fingerprint density at radius 2 is 1.88 bits per heavy atom. The first-order valence-corrected chi connectivity index (χ1v) is 9.81. The normalized spacial score (nSPS) is 19.0. The molecule has 2 aliphatic rings. The van der Waals surface area contributed by atoms with Crippen LogP contribution in [0.2, 0.25) is 0 Å². The van der Waals surface area contributed by atoms with Gasteiger partial charge < -0.3 is 20.1 Å². The van der Waals surface area contributed by atoms with Gasteiger partial charge in [-0.2, -0.15) is 0 Å². The zero-order valence-electron chi connectivity index (χ0n) is 16.0. The Bertz CT molecular complexity index is 627. The Morgan fingerprint density at radius 1 is 1.15 bits per heavy atom. The van der Waals surface area contributed by atoms with Crippen LogP contribution in [-0.4, -0.2) is 57.2 Å². The number of aryl methyl sites for hydroxylation is 1. The molecule has 1 aromatic rings. The molecule has 0 aromatic carbocycles. The summed E-state index contributed by atoms with van der Waals surface area (Å²) in [6, 6.07) is 0.429. The van der Waals surface area contributed by atoms with Gasteiger partial charge in [-0.05, 0) is 32.6 Å². The maximum absolute atomic E-state index is 12.3. The van der Waals surface area contributed by atoms with Gasteiger partial charge in [-0.15, -0.1) is 10.2 Å². The lowest BCUT2D eigenvalue weighted by molar-refractivity contribution is -0.128. The molecule has 2 fully saturated rings. The third-order valence-electron chi connectivity index (χ3n) is 5.37. The number of carbonyl (C=O) groups is 1. The molecular weight excluding hydrogens is 330 g/mol. The fourth-order valence-electron chi connectivity index (χ4n) is 3.57. The summed E-state index contributed by atoms with van der Waals surface area (Å²) in [7, 11) is 1.94. The third-order valence-corrected chi connectivity index (χ3v) is 5.37. The van der Waals surface area contributed by atoms with E-state index >= 15 is 0 Å². The number of rotatable bonds is 5. The quantitative estimate of drug-likeness (QED) is 0.606. The molecule has 1 saturated heterocycles. The Hall–Kier alpha value is -2.12. The summed E-state index contributed by atoms with van der Waals surface area (Å²) in [5.74, 6) is 2.53. The van der Waals surface area contributed by atoms with E-state index < -0.39 is 0 Å². The van der Waals surface area contributed by atoms with E-state index in [1.54, 1.807) is 0 Å². The van der Waals surface area contributed by atoms with Crippen LogP contribution in [0.3, 0.4) is 0 Å². The molecule has 1 saturated carbocycles. The van der Waals surface area contributed by atoms with Crippen LogP contribution in [0.5, 0.6) is 0 Å². The number of amides is 1. The van der Waals surface area contributed by atoms with Crippen molar-refractivity contribution in [3.05, 3.63) is 11.6 Å². The highest BCUT2D eigenvalue weighted by atomic mass is 16.2. The van der Waals surface area contributed by atoms with Gasteiger partial charge in [0.05, 0.1) is 6.54 Å². The van der Waals surface area contributed by atoms with Gasteiger partial charge in [-0.3, -0.25) is 4.79 Å². The van der Waals surface area contributed by atoms with E-state index in [4.69, 9.17) is 0 Å². The largest absolute Gasteiger partial charge is 0.354 e. The molecule has 1 aliphatic carbocycles. The van der Waals surface area contributed by atoms with E-state index in [1.165, 1.54) is 19.3 Å². The molecular formula is C18H31N7O. The topological polar surface area (TPSA) is 87.4 Å². The van der Waals surface area contributed by atoms with Crippen molar-refractivity contribution in [2.45, 2.75) is 64.5 Å². The molecule has 0 radical (unpaired) electrons. The fourth-order valence-corrected chi connectivity index (χ4v) is 3.57. The molecule has 1 amide bonds. The van der Waals surface area contributed by atoms with E-state index in [0.717, 1.165) is 50.4 Å². The van der Waals surface area contributed by atoms with Crippen LogP contribution in [-0.2, 0) is 18.4 Å². The van der Waals surface area contributed by atoms with Crippen LogP contribution in [0.15, 0.2) is 4.99 Å². The monoisotopic (exact) mass is 361 g/mol. The molecule has 1 aliphatic heterocycles. The second kappa shape index (κ2) is 9.00. The van der Waals surface area contributed by atoms with Crippen molar-refractivity contribution >= 4 is 11.9 Å². The lowest BCUT2D eigenvalue weighted by atomic mass is 9.96. The van der Waals surface area contributed by atoms with Crippen molar-refractivity contribution in [1.29, 1.82) is 0 Å².